The monoisotopic (exact) mass is 159 g/mol. The third-order valence-corrected chi connectivity index (χ3v) is 2.25. The minimum Gasteiger partial charge on any atom is -0.384 e. The van der Waals surface area contributed by atoms with Gasteiger partial charge < -0.3 is 14.4 Å². The molecule has 1 fully saturated rings. The summed E-state index contributed by atoms with van der Waals surface area (Å²) < 4.78 is 10.4. The SMILES string of the molecule is COC[C@@H]1CN(C)C[C@H]1OC. The molecule has 1 aliphatic heterocycles. The van der Waals surface area contributed by atoms with E-state index in [9.17, 15) is 0 Å². The predicted molar refractivity (Wildman–Crippen MR) is 43.7 cm³/mol. The van der Waals surface area contributed by atoms with Crippen molar-refractivity contribution in [2.24, 2.45) is 5.92 Å². The first-order chi connectivity index (χ1) is 5.27. The molecule has 1 aliphatic rings. The van der Waals surface area contributed by atoms with Gasteiger partial charge in [-0.25, -0.2) is 0 Å². The highest BCUT2D eigenvalue weighted by Gasteiger charge is 2.30. The van der Waals surface area contributed by atoms with E-state index in [2.05, 4.69) is 11.9 Å². The Morgan fingerprint density at radius 3 is 2.64 bits per heavy atom. The fourth-order valence-corrected chi connectivity index (χ4v) is 1.69. The molecule has 3 nitrogen and oxygen atoms in total. The normalized spacial score (nSPS) is 33.0. The van der Waals surface area contributed by atoms with Crippen LogP contribution >= 0.6 is 0 Å². The van der Waals surface area contributed by atoms with Gasteiger partial charge in [0.2, 0.25) is 0 Å². The zero-order chi connectivity index (χ0) is 8.27. The first-order valence-electron chi connectivity index (χ1n) is 3.98. The van der Waals surface area contributed by atoms with E-state index in [0.717, 1.165) is 19.7 Å². The van der Waals surface area contributed by atoms with Crippen molar-refractivity contribution >= 4 is 0 Å². The Kier molecular flexibility index (Phi) is 3.30. The number of hydrogen-bond acceptors (Lipinski definition) is 3. The lowest BCUT2D eigenvalue weighted by Gasteiger charge is -2.14. The summed E-state index contributed by atoms with van der Waals surface area (Å²) in [6.07, 6.45) is 0.361. The van der Waals surface area contributed by atoms with Crippen LogP contribution in [0, 0.1) is 5.92 Å². The number of methoxy groups -OCH3 is 2. The molecule has 1 rings (SSSR count). The lowest BCUT2D eigenvalue weighted by molar-refractivity contribution is 0.0432. The second kappa shape index (κ2) is 4.04. The molecule has 1 heterocycles. The Morgan fingerprint density at radius 2 is 2.09 bits per heavy atom. The maximum Gasteiger partial charge on any atom is 0.0760 e. The molecule has 2 atom stereocenters. The summed E-state index contributed by atoms with van der Waals surface area (Å²) in [5.41, 5.74) is 0. The first-order valence-corrected chi connectivity index (χ1v) is 3.98. The lowest BCUT2D eigenvalue weighted by atomic mass is 10.1. The van der Waals surface area contributed by atoms with Crippen LogP contribution in [0.1, 0.15) is 0 Å². The van der Waals surface area contributed by atoms with Gasteiger partial charge in [-0.15, -0.1) is 0 Å². The summed E-state index contributed by atoms with van der Waals surface area (Å²) in [4.78, 5) is 2.28. The molecule has 0 aromatic carbocycles. The van der Waals surface area contributed by atoms with Crippen molar-refractivity contribution in [3.8, 4) is 0 Å². The third kappa shape index (κ3) is 2.15. The molecule has 0 aromatic rings. The molecular formula is C8H17NO2. The largest absolute Gasteiger partial charge is 0.384 e. The highest BCUT2D eigenvalue weighted by molar-refractivity contribution is 4.82. The molecular weight excluding hydrogens is 142 g/mol. The Balaban J connectivity index is 2.37. The fraction of sp³-hybridized carbons (Fsp3) is 1.00. The topological polar surface area (TPSA) is 21.7 Å². The van der Waals surface area contributed by atoms with E-state index in [4.69, 9.17) is 9.47 Å². The molecule has 0 saturated carbocycles. The molecule has 0 N–H and O–H groups in total. The van der Waals surface area contributed by atoms with Crippen molar-refractivity contribution in [1.29, 1.82) is 0 Å². The van der Waals surface area contributed by atoms with Crippen molar-refractivity contribution in [1.82, 2.24) is 4.90 Å². The number of nitrogens with zero attached hydrogens (tertiary/aromatic N) is 1. The van der Waals surface area contributed by atoms with Gasteiger partial charge in [-0.05, 0) is 7.05 Å². The Morgan fingerprint density at radius 1 is 1.36 bits per heavy atom. The summed E-state index contributed by atoms with van der Waals surface area (Å²) in [5.74, 6) is 0.551. The third-order valence-electron chi connectivity index (χ3n) is 2.25. The predicted octanol–water partition coefficient (Wildman–Crippen LogP) is 0.209. The summed E-state index contributed by atoms with van der Waals surface area (Å²) in [6.45, 7) is 2.93. The van der Waals surface area contributed by atoms with E-state index in [-0.39, 0.29) is 0 Å². The Labute approximate surface area is 68.3 Å². The molecule has 0 radical (unpaired) electrons. The molecule has 11 heavy (non-hydrogen) atoms. The molecule has 1 saturated heterocycles. The van der Waals surface area contributed by atoms with Gasteiger partial charge in [0.25, 0.3) is 0 Å². The molecule has 0 amide bonds. The van der Waals surface area contributed by atoms with E-state index in [1.807, 2.05) is 0 Å². The number of likely N-dealkylation sites (tertiary alicyclic amines) is 1. The molecule has 0 unspecified atom stereocenters. The Hall–Kier alpha value is -0.120. The van der Waals surface area contributed by atoms with Crippen LogP contribution in [0.25, 0.3) is 0 Å². The lowest BCUT2D eigenvalue weighted by Crippen LogP contribution is -2.24. The van der Waals surface area contributed by atoms with Gasteiger partial charge in [-0.3, -0.25) is 0 Å². The van der Waals surface area contributed by atoms with E-state index < -0.39 is 0 Å². The van der Waals surface area contributed by atoms with Crippen LogP contribution < -0.4 is 0 Å². The second-order valence-corrected chi connectivity index (χ2v) is 3.21. The van der Waals surface area contributed by atoms with E-state index in [1.165, 1.54) is 0 Å². The van der Waals surface area contributed by atoms with Crippen molar-refractivity contribution in [2.75, 3.05) is 41.0 Å². The average molecular weight is 159 g/mol. The van der Waals surface area contributed by atoms with E-state index in [1.54, 1.807) is 14.2 Å². The van der Waals surface area contributed by atoms with E-state index >= 15 is 0 Å². The van der Waals surface area contributed by atoms with Gasteiger partial charge in [0.15, 0.2) is 0 Å². The smallest absolute Gasteiger partial charge is 0.0760 e. The summed E-state index contributed by atoms with van der Waals surface area (Å²) >= 11 is 0. The minimum atomic E-state index is 0.361. The van der Waals surface area contributed by atoms with Gasteiger partial charge >= 0.3 is 0 Å². The molecule has 0 aliphatic carbocycles. The zero-order valence-electron chi connectivity index (χ0n) is 7.54. The van der Waals surface area contributed by atoms with Crippen molar-refractivity contribution in [3.63, 3.8) is 0 Å². The average Bonchev–Trinajstić information content (AvgIpc) is 2.32. The van der Waals surface area contributed by atoms with Gasteiger partial charge in [0.05, 0.1) is 12.7 Å². The Bertz CT molecular complexity index is 119. The molecule has 3 heteroatoms. The maximum atomic E-state index is 5.33. The minimum absolute atomic E-state index is 0.361. The quantitative estimate of drug-likeness (QED) is 0.587. The van der Waals surface area contributed by atoms with Gasteiger partial charge in [-0.2, -0.15) is 0 Å². The second-order valence-electron chi connectivity index (χ2n) is 3.21. The molecule has 0 spiro atoms. The van der Waals surface area contributed by atoms with Crippen LogP contribution in [0.3, 0.4) is 0 Å². The molecule has 0 bridgehead atoms. The number of likely N-dealkylation sites (N-methyl/N-ethyl adjacent to an activating group) is 1. The summed E-state index contributed by atoms with van der Waals surface area (Å²) in [7, 11) is 5.62. The van der Waals surface area contributed by atoms with Crippen molar-refractivity contribution in [3.05, 3.63) is 0 Å². The number of hydrogen-bond donors (Lipinski definition) is 0. The van der Waals surface area contributed by atoms with Gasteiger partial charge in [0, 0.05) is 33.2 Å². The van der Waals surface area contributed by atoms with Gasteiger partial charge in [-0.1, -0.05) is 0 Å². The maximum absolute atomic E-state index is 5.33. The van der Waals surface area contributed by atoms with Crippen LogP contribution in [0.4, 0.5) is 0 Å². The zero-order valence-corrected chi connectivity index (χ0v) is 7.54. The highest BCUT2D eigenvalue weighted by atomic mass is 16.5. The van der Waals surface area contributed by atoms with Crippen LogP contribution in [-0.2, 0) is 9.47 Å². The standard InChI is InChI=1S/C8H17NO2/c1-9-4-7(6-10-2)8(5-9)11-3/h7-8H,4-6H2,1-3H3/t7-,8+/m0/s1. The number of rotatable bonds is 3. The molecule has 66 valence electrons. The number of ether oxygens (including phenoxy) is 2. The van der Waals surface area contributed by atoms with Crippen LogP contribution in [0.2, 0.25) is 0 Å². The van der Waals surface area contributed by atoms with Gasteiger partial charge in [0.1, 0.15) is 0 Å². The summed E-state index contributed by atoms with van der Waals surface area (Å²) in [5, 5.41) is 0. The summed E-state index contributed by atoms with van der Waals surface area (Å²) in [6, 6.07) is 0. The van der Waals surface area contributed by atoms with Crippen molar-refractivity contribution in [2.45, 2.75) is 6.10 Å². The van der Waals surface area contributed by atoms with Crippen LogP contribution in [0.15, 0.2) is 0 Å². The van der Waals surface area contributed by atoms with Crippen molar-refractivity contribution < 1.29 is 9.47 Å². The first kappa shape index (κ1) is 8.97. The van der Waals surface area contributed by atoms with E-state index in [0.29, 0.717) is 12.0 Å². The molecule has 0 aromatic heterocycles. The van der Waals surface area contributed by atoms with Crippen LogP contribution in [0.5, 0.6) is 0 Å². The fourth-order valence-electron chi connectivity index (χ4n) is 1.69. The van der Waals surface area contributed by atoms with Crippen LogP contribution in [-0.4, -0.2) is 52.0 Å². The highest BCUT2D eigenvalue weighted by Crippen LogP contribution is 2.17.